The van der Waals surface area contributed by atoms with E-state index < -0.39 is 0 Å². The maximum atomic E-state index is 4.42. The van der Waals surface area contributed by atoms with Crippen molar-refractivity contribution >= 4 is 44.5 Å². The maximum Gasteiger partial charge on any atom is 0.226 e. The molecule has 0 aliphatic rings. The third-order valence-electron chi connectivity index (χ3n) is 2.94. The van der Waals surface area contributed by atoms with E-state index in [4.69, 9.17) is 0 Å². The summed E-state index contributed by atoms with van der Waals surface area (Å²) in [5, 5.41) is 6.21. The van der Waals surface area contributed by atoms with Crippen molar-refractivity contribution in [1.82, 2.24) is 19.9 Å². The molecule has 3 rings (SSSR count). The van der Waals surface area contributed by atoms with Gasteiger partial charge in [0, 0.05) is 17.2 Å². The van der Waals surface area contributed by atoms with E-state index in [2.05, 4.69) is 46.5 Å². The molecule has 2 heterocycles. The fourth-order valence-electron chi connectivity index (χ4n) is 1.84. The summed E-state index contributed by atoms with van der Waals surface area (Å²) < 4.78 is 1.05. The average molecular weight is 333 g/mol. The zero-order valence-corrected chi connectivity index (χ0v) is 12.6. The Morgan fingerprint density at radius 1 is 1.25 bits per heavy atom. The smallest absolute Gasteiger partial charge is 0.226 e. The van der Waals surface area contributed by atoms with E-state index in [1.807, 2.05) is 25.1 Å². The second kappa shape index (κ2) is 5.09. The lowest BCUT2D eigenvalue weighted by Gasteiger charge is -2.09. The summed E-state index contributed by atoms with van der Waals surface area (Å²) in [6.45, 7) is 2.05. The molecule has 0 saturated heterocycles. The molecule has 0 bridgehead atoms. The lowest BCUT2D eigenvalue weighted by Crippen LogP contribution is -2.02. The van der Waals surface area contributed by atoms with Gasteiger partial charge in [-0.3, -0.25) is 0 Å². The number of rotatable bonds is 3. The van der Waals surface area contributed by atoms with Crippen LogP contribution in [0.3, 0.4) is 0 Å². The lowest BCUT2D eigenvalue weighted by atomic mass is 10.2. The number of fused-ring (bicyclic) bond motifs is 1. The van der Waals surface area contributed by atoms with Crippen LogP contribution in [0.5, 0.6) is 0 Å². The van der Waals surface area contributed by atoms with Gasteiger partial charge >= 0.3 is 0 Å². The quantitative estimate of drug-likeness (QED) is 0.686. The highest BCUT2D eigenvalue weighted by atomic mass is 79.9. The molecule has 0 aliphatic carbocycles. The number of aromatic nitrogens is 4. The van der Waals surface area contributed by atoms with Crippen LogP contribution < -0.4 is 10.6 Å². The number of imidazole rings is 1. The lowest BCUT2D eigenvalue weighted by molar-refractivity contribution is 1.18. The van der Waals surface area contributed by atoms with Gasteiger partial charge < -0.3 is 15.6 Å². The molecule has 20 heavy (non-hydrogen) atoms. The third-order valence-corrected chi connectivity index (χ3v) is 3.80. The fraction of sp³-hybridized carbons (Fsp3) is 0.154. The minimum absolute atomic E-state index is 0.526. The average Bonchev–Trinajstić information content (AvgIpc) is 2.91. The summed E-state index contributed by atoms with van der Waals surface area (Å²) in [4.78, 5) is 15.9. The number of aromatic amines is 1. The molecule has 0 saturated carbocycles. The van der Waals surface area contributed by atoms with Gasteiger partial charge in [0.05, 0.1) is 6.33 Å². The van der Waals surface area contributed by atoms with Crippen LogP contribution >= 0.6 is 15.9 Å². The third kappa shape index (κ3) is 2.32. The van der Waals surface area contributed by atoms with Crippen molar-refractivity contribution in [2.45, 2.75) is 6.92 Å². The van der Waals surface area contributed by atoms with Crippen molar-refractivity contribution in [3.8, 4) is 0 Å². The highest BCUT2D eigenvalue weighted by Gasteiger charge is 2.09. The van der Waals surface area contributed by atoms with E-state index in [9.17, 15) is 0 Å². The Bertz CT molecular complexity index is 767. The van der Waals surface area contributed by atoms with Crippen LogP contribution in [-0.4, -0.2) is 27.0 Å². The summed E-state index contributed by atoms with van der Waals surface area (Å²) in [5.41, 5.74) is 3.53. The zero-order chi connectivity index (χ0) is 14.1. The Morgan fingerprint density at radius 2 is 2.10 bits per heavy atom. The second-order valence-electron chi connectivity index (χ2n) is 4.34. The van der Waals surface area contributed by atoms with Crippen LogP contribution in [0.1, 0.15) is 5.56 Å². The number of anilines is 3. The monoisotopic (exact) mass is 332 g/mol. The molecule has 0 aliphatic heterocycles. The van der Waals surface area contributed by atoms with Crippen LogP contribution in [-0.2, 0) is 0 Å². The van der Waals surface area contributed by atoms with Crippen molar-refractivity contribution < 1.29 is 0 Å². The zero-order valence-electron chi connectivity index (χ0n) is 11.0. The summed E-state index contributed by atoms with van der Waals surface area (Å²) >= 11 is 3.52. The van der Waals surface area contributed by atoms with E-state index in [1.165, 1.54) is 5.56 Å². The normalized spacial score (nSPS) is 10.8. The first kappa shape index (κ1) is 12.9. The number of benzene rings is 1. The molecule has 7 heteroatoms. The molecule has 6 nitrogen and oxygen atoms in total. The number of hydrogen-bond donors (Lipinski definition) is 3. The maximum absolute atomic E-state index is 4.42. The van der Waals surface area contributed by atoms with Crippen molar-refractivity contribution in [1.29, 1.82) is 0 Å². The summed E-state index contributed by atoms with van der Waals surface area (Å²) in [6, 6.07) is 6.05. The number of nitrogens with zero attached hydrogens (tertiary/aromatic N) is 3. The van der Waals surface area contributed by atoms with E-state index in [0.29, 0.717) is 17.4 Å². The molecule has 0 unspecified atom stereocenters. The molecule has 1 aromatic carbocycles. The Kier molecular flexibility index (Phi) is 3.27. The van der Waals surface area contributed by atoms with Gasteiger partial charge in [-0.1, -0.05) is 22.0 Å². The molecular weight excluding hydrogens is 320 g/mol. The molecule has 0 atom stereocenters. The minimum Gasteiger partial charge on any atom is -0.357 e. The number of aryl methyl sites for hydroxylation is 1. The fourth-order valence-corrected chi connectivity index (χ4v) is 2.22. The van der Waals surface area contributed by atoms with Gasteiger partial charge in [-0.05, 0) is 24.6 Å². The van der Waals surface area contributed by atoms with E-state index in [1.54, 1.807) is 13.4 Å². The molecule has 102 valence electrons. The van der Waals surface area contributed by atoms with E-state index in [0.717, 1.165) is 15.7 Å². The summed E-state index contributed by atoms with van der Waals surface area (Å²) in [7, 11) is 1.78. The number of nitrogens with one attached hydrogen (secondary N) is 3. The first-order chi connectivity index (χ1) is 9.67. The predicted octanol–water partition coefficient (Wildman–Crippen LogP) is 3.21. The van der Waals surface area contributed by atoms with Gasteiger partial charge in [-0.15, -0.1) is 0 Å². The van der Waals surface area contributed by atoms with Gasteiger partial charge in [0.15, 0.2) is 11.5 Å². The molecule has 2 aromatic heterocycles. The van der Waals surface area contributed by atoms with Gasteiger partial charge in [0.25, 0.3) is 0 Å². The van der Waals surface area contributed by atoms with Gasteiger partial charge in [0.2, 0.25) is 5.95 Å². The summed E-state index contributed by atoms with van der Waals surface area (Å²) in [5.74, 6) is 1.21. The molecule has 3 N–H and O–H groups in total. The Labute approximate surface area is 124 Å². The minimum atomic E-state index is 0.526. The van der Waals surface area contributed by atoms with Gasteiger partial charge in [0.1, 0.15) is 5.52 Å². The SMILES string of the molecule is CNc1nc(Nc2ccc(C)c(Br)c2)c2[nH]cnc2n1. The molecule has 0 spiro atoms. The van der Waals surface area contributed by atoms with Crippen LogP contribution in [0.25, 0.3) is 11.2 Å². The van der Waals surface area contributed by atoms with Crippen molar-refractivity contribution in [2.24, 2.45) is 0 Å². The molecule has 3 aromatic rings. The first-order valence-electron chi connectivity index (χ1n) is 6.09. The van der Waals surface area contributed by atoms with Crippen LogP contribution in [0.15, 0.2) is 29.0 Å². The van der Waals surface area contributed by atoms with Gasteiger partial charge in [-0.25, -0.2) is 4.98 Å². The van der Waals surface area contributed by atoms with E-state index in [-0.39, 0.29) is 0 Å². The Morgan fingerprint density at radius 3 is 2.85 bits per heavy atom. The van der Waals surface area contributed by atoms with E-state index >= 15 is 0 Å². The summed E-state index contributed by atoms with van der Waals surface area (Å²) in [6.07, 6.45) is 1.61. The van der Waals surface area contributed by atoms with Crippen LogP contribution in [0.4, 0.5) is 17.5 Å². The Balaban J connectivity index is 2.04. The largest absolute Gasteiger partial charge is 0.357 e. The van der Waals surface area contributed by atoms with Crippen LogP contribution in [0.2, 0.25) is 0 Å². The number of hydrogen-bond acceptors (Lipinski definition) is 5. The highest BCUT2D eigenvalue weighted by Crippen LogP contribution is 2.26. The molecule has 0 radical (unpaired) electrons. The van der Waals surface area contributed by atoms with Crippen molar-refractivity contribution in [2.75, 3.05) is 17.7 Å². The highest BCUT2D eigenvalue weighted by molar-refractivity contribution is 9.10. The number of halogens is 1. The standard InChI is InChI=1S/C13H13BrN6/c1-7-3-4-8(5-9(7)14)18-12-10-11(17-6-16-10)19-13(15-2)20-12/h3-6H,1-2H3,(H3,15,16,17,18,19,20). The topological polar surface area (TPSA) is 78.5 Å². The second-order valence-corrected chi connectivity index (χ2v) is 5.19. The molecule has 0 fully saturated rings. The number of H-pyrrole nitrogens is 1. The van der Waals surface area contributed by atoms with Crippen molar-refractivity contribution in [3.63, 3.8) is 0 Å². The molecule has 0 amide bonds. The van der Waals surface area contributed by atoms with Gasteiger partial charge in [-0.2, -0.15) is 9.97 Å². The Hall–Kier alpha value is -2.15. The predicted molar refractivity (Wildman–Crippen MR) is 83.4 cm³/mol. The van der Waals surface area contributed by atoms with Crippen LogP contribution in [0, 0.1) is 6.92 Å². The molecular formula is C13H13BrN6. The first-order valence-corrected chi connectivity index (χ1v) is 6.88. The van der Waals surface area contributed by atoms with Crippen molar-refractivity contribution in [3.05, 3.63) is 34.6 Å².